The smallest absolute Gasteiger partial charge is 0.229 e. The van der Waals surface area contributed by atoms with Crippen LogP contribution in [0, 0.1) is 0 Å². The van der Waals surface area contributed by atoms with Gasteiger partial charge in [0.1, 0.15) is 11.6 Å². The van der Waals surface area contributed by atoms with Crippen LogP contribution in [0.4, 0.5) is 28.8 Å². The lowest BCUT2D eigenvalue weighted by atomic mass is 10.2. The number of para-hydroxylation sites is 1. The molecule has 8 nitrogen and oxygen atoms in total. The zero-order chi connectivity index (χ0) is 20.9. The number of pyridine rings is 1. The molecule has 2 aromatic carbocycles. The predicted octanol–water partition coefficient (Wildman–Crippen LogP) is 4.48. The number of anilines is 5. The number of hydrogen-bond donors (Lipinski definition) is 3. The first-order chi connectivity index (χ1) is 14.6. The van der Waals surface area contributed by atoms with E-state index in [9.17, 15) is 4.79 Å². The molecule has 0 radical (unpaired) electrons. The van der Waals surface area contributed by atoms with E-state index >= 15 is 0 Å². The van der Waals surface area contributed by atoms with Crippen LogP contribution in [0.1, 0.15) is 6.92 Å². The van der Waals surface area contributed by atoms with Crippen molar-refractivity contribution in [3.05, 3.63) is 67.0 Å². The van der Waals surface area contributed by atoms with Gasteiger partial charge in [0.25, 0.3) is 0 Å². The molecule has 8 heteroatoms. The van der Waals surface area contributed by atoms with Crippen LogP contribution in [0.2, 0.25) is 0 Å². The highest BCUT2D eigenvalue weighted by Crippen LogP contribution is 2.30. The molecule has 0 bridgehead atoms. The normalized spacial score (nSPS) is 10.5. The third kappa shape index (κ3) is 4.44. The van der Waals surface area contributed by atoms with Crippen LogP contribution in [-0.4, -0.2) is 28.0 Å². The molecule has 0 unspecified atom stereocenters. The molecular weight excluding hydrogens is 380 g/mol. The molecule has 2 heterocycles. The van der Waals surface area contributed by atoms with Crippen molar-refractivity contribution < 1.29 is 9.53 Å². The molecule has 150 valence electrons. The van der Waals surface area contributed by atoms with Gasteiger partial charge in [-0.15, -0.1) is 0 Å². The second kappa shape index (κ2) is 8.44. The van der Waals surface area contributed by atoms with Crippen LogP contribution >= 0.6 is 0 Å². The Labute approximate surface area is 173 Å². The van der Waals surface area contributed by atoms with Crippen molar-refractivity contribution in [2.45, 2.75) is 6.92 Å². The van der Waals surface area contributed by atoms with Gasteiger partial charge in [0.05, 0.1) is 30.2 Å². The number of aromatic nitrogens is 3. The molecule has 0 atom stereocenters. The number of amides is 1. The first kappa shape index (κ1) is 19.1. The minimum atomic E-state index is -0.155. The Balaban J connectivity index is 1.56. The fraction of sp³-hybridized carbons (Fsp3) is 0.0909. The summed E-state index contributed by atoms with van der Waals surface area (Å²) in [4.78, 5) is 24.6. The Kier molecular flexibility index (Phi) is 5.38. The van der Waals surface area contributed by atoms with Crippen LogP contribution in [0.3, 0.4) is 0 Å². The topological polar surface area (TPSA) is 101 Å². The summed E-state index contributed by atoms with van der Waals surface area (Å²) < 4.78 is 5.39. The quantitative estimate of drug-likeness (QED) is 0.439. The number of fused-ring (bicyclic) bond motifs is 1. The van der Waals surface area contributed by atoms with Gasteiger partial charge in [-0.1, -0.05) is 18.2 Å². The first-order valence-corrected chi connectivity index (χ1v) is 9.28. The number of nitrogens with one attached hydrogen (secondary N) is 3. The fourth-order valence-electron chi connectivity index (χ4n) is 2.98. The maximum Gasteiger partial charge on any atom is 0.229 e. The molecule has 30 heavy (non-hydrogen) atoms. The number of carbonyl (C=O) groups excluding carboxylic acids is 1. The van der Waals surface area contributed by atoms with Crippen molar-refractivity contribution >= 4 is 45.6 Å². The van der Waals surface area contributed by atoms with E-state index in [4.69, 9.17) is 4.74 Å². The van der Waals surface area contributed by atoms with Crippen molar-refractivity contribution in [1.29, 1.82) is 0 Å². The molecule has 0 aliphatic heterocycles. The predicted molar refractivity (Wildman–Crippen MR) is 118 cm³/mol. The van der Waals surface area contributed by atoms with E-state index in [-0.39, 0.29) is 5.91 Å². The Hall–Kier alpha value is -4.20. The maximum absolute atomic E-state index is 11.3. The standard InChI is InChI=1S/C22H20N6O2/c1-14(29)25-16-7-8-20(30-2)19(12-16)27-22-23-10-9-21(28-22)26-17-11-15-5-3-4-6-18(15)24-13-17/h3-13H,1-2H3,(H,25,29)(H2,23,26,27,28). The number of rotatable bonds is 6. The maximum atomic E-state index is 11.3. The van der Waals surface area contributed by atoms with Crippen molar-refractivity contribution in [3.8, 4) is 5.75 Å². The Morgan fingerprint density at radius 2 is 1.83 bits per heavy atom. The minimum Gasteiger partial charge on any atom is -0.495 e. The molecule has 0 spiro atoms. The Bertz CT molecular complexity index is 1210. The number of methoxy groups -OCH3 is 1. The van der Waals surface area contributed by atoms with Crippen molar-refractivity contribution in [3.63, 3.8) is 0 Å². The SMILES string of the molecule is COc1ccc(NC(C)=O)cc1Nc1nccc(Nc2cnc3ccccc3c2)n1. The first-order valence-electron chi connectivity index (χ1n) is 9.28. The van der Waals surface area contributed by atoms with Crippen molar-refractivity contribution in [2.24, 2.45) is 0 Å². The molecule has 4 aromatic rings. The number of hydrogen-bond acceptors (Lipinski definition) is 7. The number of ether oxygens (including phenoxy) is 1. The van der Waals surface area contributed by atoms with E-state index in [0.29, 0.717) is 28.9 Å². The van der Waals surface area contributed by atoms with E-state index in [1.165, 1.54) is 6.92 Å². The second-order valence-corrected chi connectivity index (χ2v) is 6.53. The molecule has 0 aliphatic rings. The van der Waals surface area contributed by atoms with Gasteiger partial charge in [0.2, 0.25) is 11.9 Å². The van der Waals surface area contributed by atoms with E-state index in [1.807, 2.05) is 30.3 Å². The molecule has 2 aromatic heterocycles. The minimum absolute atomic E-state index is 0.155. The lowest BCUT2D eigenvalue weighted by Crippen LogP contribution is -2.07. The third-order valence-electron chi connectivity index (χ3n) is 4.28. The summed E-state index contributed by atoms with van der Waals surface area (Å²) in [5.74, 6) is 1.44. The van der Waals surface area contributed by atoms with Gasteiger partial charge in [-0.3, -0.25) is 9.78 Å². The highest BCUT2D eigenvalue weighted by molar-refractivity contribution is 5.90. The van der Waals surface area contributed by atoms with E-state index in [0.717, 1.165) is 16.6 Å². The average molecular weight is 400 g/mol. The Morgan fingerprint density at radius 1 is 0.967 bits per heavy atom. The molecule has 3 N–H and O–H groups in total. The highest BCUT2D eigenvalue weighted by atomic mass is 16.5. The van der Waals surface area contributed by atoms with Crippen LogP contribution in [-0.2, 0) is 4.79 Å². The van der Waals surface area contributed by atoms with Gasteiger partial charge in [-0.05, 0) is 36.4 Å². The lowest BCUT2D eigenvalue weighted by molar-refractivity contribution is -0.114. The second-order valence-electron chi connectivity index (χ2n) is 6.53. The molecule has 0 saturated heterocycles. The third-order valence-corrected chi connectivity index (χ3v) is 4.28. The fourth-order valence-corrected chi connectivity index (χ4v) is 2.98. The summed E-state index contributed by atoms with van der Waals surface area (Å²) in [6.07, 6.45) is 3.41. The lowest BCUT2D eigenvalue weighted by Gasteiger charge is -2.13. The van der Waals surface area contributed by atoms with Crippen LogP contribution in [0.25, 0.3) is 10.9 Å². The van der Waals surface area contributed by atoms with Gasteiger partial charge < -0.3 is 20.7 Å². The zero-order valence-electron chi connectivity index (χ0n) is 16.5. The van der Waals surface area contributed by atoms with Gasteiger partial charge in [-0.25, -0.2) is 4.98 Å². The van der Waals surface area contributed by atoms with Crippen LogP contribution < -0.4 is 20.7 Å². The summed E-state index contributed by atoms with van der Waals surface area (Å²) >= 11 is 0. The summed E-state index contributed by atoms with van der Waals surface area (Å²) in [7, 11) is 1.57. The van der Waals surface area contributed by atoms with E-state index in [1.54, 1.807) is 43.8 Å². The zero-order valence-corrected chi connectivity index (χ0v) is 16.5. The monoisotopic (exact) mass is 400 g/mol. The summed E-state index contributed by atoms with van der Waals surface area (Å²) in [6.45, 7) is 1.46. The summed E-state index contributed by atoms with van der Waals surface area (Å²) in [5, 5.41) is 10.2. The molecule has 0 fully saturated rings. The van der Waals surface area contributed by atoms with Gasteiger partial charge in [-0.2, -0.15) is 4.98 Å². The summed E-state index contributed by atoms with van der Waals surface area (Å²) in [6, 6.07) is 17.0. The van der Waals surface area contributed by atoms with Crippen molar-refractivity contribution in [1.82, 2.24) is 15.0 Å². The molecule has 0 saturated carbocycles. The van der Waals surface area contributed by atoms with Gasteiger partial charge in [0.15, 0.2) is 0 Å². The highest BCUT2D eigenvalue weighted by Gasteiger charge is 2.08. The van der Waals surface area contributed by atoms with Gasteiger partial charge in [0, 0.05) is 24.2 Å². The largest absolute Gasteiger partial charge is 0.495 e. The average Bonchev–Trinajstić information content (AvgIpc) is 2.74. The number of benzene rings is 2. The molecule has 0 aliphatic carbocycles. The molecule has 4 rings (SSSR count). The van der Waals surface area contributed by atoms with Crippen LogP contribution in [0.5, 0.6) is 5.75 Å². The molecule has 1 amide bonds. The number of nitrogens with zero attached hydrogens (tertiary/aromatic N) is 3. The van der Waals surface area contributed by atoms with E-state index in [2.05, 4.69) is 30.9 Å². The molecular formula is C22H20N6O2. The van der Waals surface area contributed by atoms with Crippen molar-refractivity contribution in [2.75, 3.05) is 23.1 Å². The van der Waals surface area contributed by atoms with E-state index < -0.39 is 0 Å². The summed E-state index contributed by atoms with van der Waals surface area (Å²) in [5.41, 5.74) is 3.03. The van der Waals surface area contributed by atoms with Crippen LogP contribution in [0.15, 0.2) is 67.0 Å². The number of carbonyl (C=O) groups is 1. The Morgan fingerprint density at radius 3 is 2.67 bits per heavy atom. The van der Waals surface area contributed by atoms with Gasteiger partial charge >= 0.3 is 0 Å².